The number of carboxylic acids is 1. The molecule has 154 valence electrons. The molecular formula is C19H21FN4O5. The van der Waals surface area contributed by atoms with Crippen molar-refractivity contribution in [1.82, 2.24) is 4.73 Å². The van der Waals surface area contributed by atoms with E-state index in [9.17, 15) is 14.7 Å². The number of hydrogen-bond donors (Lipinski definition) is 2. The maximum atomic E-state index is 15.3. The number of nitrogens with zero attached hydrogens (tertiary/aromatic N) is 3. The molecule has 2 aromatic rings. The number of piperidine rings is 1. The van der Waals surface area contributed by atoms with E-state index in [-0.39, 0.29) is 30.5 Å². The van der Waals surface area contributed by atoms with E-state index in [0.717, 1.165) is 12.3 Å². The zero-order chi connectivity index (χ0) is 20.9. The van der Waals surface area contributed by atoms with Crippen LogP contribution in [0.3, 0.4) is 0 Å². The van der Waals surface area contributed by atoms with Gasteiger partial charge in [-0.05, 0) is 12.5 Å². The molecule has 1 aromatic carbocycles. The van der Waals surface area contributed by atoms with Gasteiger partial charge in [0.1, 0.15) is 25.1 Å². The lowest BCUT2D eigenvalue weighted by molar-refractivity contribution is 0.0681. The number of nitrogens with two attached hydrogens (primary N) is 1. The molecule has 3 N–H and O–H groups in total. The van der Waals surface area contributed by atoms with E-state index in [1.165, 1.54) is 11.8 Å². The Morgan fingerprint density at radius 2 is 2.24 bits per heavy atom. The van der Waals surface area contributed by atoms with Crippen molar-refractivity contribution in [2.75, 3.05) is 31.7 Å². The molecule has 1 saturated heterocycles. The van der Waals surface area contributed by atoms with Crippen LogP contribution in [0.15, 0.2) is 22.2 Å². The van der Waals surface area contributed by atoms with Gasteiger partial charge >= 0.3 is 5.97 Å². The summed E-state index contributed by atoms with van der Waals surface area (Å²) < 4.78 is 16.6. The van der Waals surface area contributed by atoms with Gasteiger partial charge in [0.25, 0.3) is 0 Å². The van der Waals surface area contributed by atoms with Crippen molar-refractivity contribution in [3.05, 3.63) is 39.4 Å². The van der Waals surface area contributed by atoms with E-state index in [0.29, 0.717) is 35.4 Å². The Labute approximate surface area is 165 Å². The summed E-state index contributed by atoms with van der Waals surface area (Å²) in [4.78, 5) is 36.4. The maximum absolute atomic E-state index is 15.3. The second kappa shape index (κ2) is 7.03. The van der Waals surface area contributed by atoms with Crippen molar-refractivity contribution < 1.29 is 24.0 Å². The SMILES string of the molecule is CO/N=C1\CN(c2c(F)cc3c(=O)c(C(=O)O)cn4c3c2[C@H](C)CO4)CCC1N. The molecule has 0 amide bonds. The predicted molar refractivity (Wildman–Crippen MR) is 104 cm³/mol. The third-order valence-corrected chi connectivity index (χ3v) is 5.42. The van der Waals surface area contributed by atoms with Crippen molar-refractivity contribution in [2.24, 2.45) is 10.9 Å². The molecule has 0 aliphatic carbocycles. The number of aromatic nitrogens is 1. The van der Waals surface area contributed by atoms with Crippen LogP contribution in [0.2, 0.25) is 0 Å². The van der Waals surface area contributed by atoms with Gasteiger partial charge in [-0.25, -0.2) is 9.18 Å². The lowest BCUT2D eigenvalue weighted by Crippen LogP contribution is -2.48. The molecule has 2 aliphatic heterocycles. The molecule has 1 unspecified atom stereocenters. The number of carbonyl (C=O) groups is 1. The summed E-state index contributed by atoms with van der Waals surface area (Å²) in [5.41, 5.74) is 6.81. The van der Waals surface area contributed by atoms with E-state index in [1.807, 2.05) is 11.8 Å². The second-order valence-electron chi connectivity index (χ2n) is 7.30. The zero-order valence-electron chi connectivity index (χ0n) is 16.0. The van der Waals surface area contributed by atoms with Crippen LogP contribution < -0.4 is 20.9 Å². The first-order valence-electron chi connectivity index (χ1n) is 9.22. The Morgan fingerprint density at radius 3 is 2.93 bits per heavy atom. The molecule has 0 radical (unpaired) electrons. The lowest BCUT2D eigenvalue weighted by atomic mass is 9.92. The largest absolute Gasteiger partial charge is 0.477 e. The number of hydrogen-bond acceptors (Lipinski definition) is 7. The number of pyridine rings is 1. The number of oxime groups is 1. The topological polar surface area (TPSA) is 119 Å². The second-order valence-corrected chi connectivity index (χ2v) is 7.30. The fourth-order valence-corrected chi connectivity index (χ4v) is 4.02. The highest BCUT2D eigenvalue weighted by Crippen LogP contribution is 2.39. The van der Waals surface area contributed by atoms with Gasteiger partial charge in [-0.15, -0.1) is 0 Å². The van der Waals surface area contributed by atoms with Gasteiger partial charge < -0.3 is 25.4 Å². The van der Waals surface area contributed by atoms with Crippen LogP contribution >= 0.6 is 0 Å². The van der Waals surface area contributed by atoms with Gasteiger partial charge in [-0.1, -0.05) is 12.1 Å². The van der Waals surface area contributed by atoms with Crippen LogP contribution in [0.25, 0.3) is 10.9 Å². The first-order valence-corrected chi connectivity index (χ1v) is 9.22. The number of rotatable bonds is 3. The highest BCUT2D eigenvalue weighted by Gasteiger charge is 2.33. The normalized spacial score (nSPS) is 22.6. The van der Waals surface area contributed by atoms with Crippen molar-refractivity contribution in [1.29, 1.82) is 0 Å². The van der Waals surface area contributed by atoms with Gasteiger partial charge in [-0.2, -0.15) is 4.73 Å². The fraction of sp³-hybridized carbons (Fsp3) is 0.421. The summed E-state index contributed by atoms with van der Waals surface area (Å²) >= 11 is 0. The first-order chi connectivity index (χ1) is 13.8. The standard InChI is InChI=1S/C19H21FN4O5/c1-9-8-29-24-6-11(19(26)27)18(25)10-5-12(20)17(15(9)16(10)24)23-4-3-13(21)14(7-23)22-28-2/h5-6,9,13H,3-4,7-8,21H2,1-2H3,(H,26,27)/b22-14+/t9-,13?/m1/s1. The monoisotopic (exact) mass is 404 g/mol. The third-order valence-electron chi connectivity index (χ3n) is 5.42. The minimum absolute atomic E-state index is 0.0211. The Morgan fingerprint density at radius 1 is 1.48 bits per heavy atom. The predicted octanol–water partition coefficient (Wildman–Crippen LogP) is 0.924. The van der Waals surface area contributed by atoms with Gasteiger partial charge in [0.2, 0.25) is 5.43 Å². The molecule has 9 nitrogen and oxygen atoms in total. The van der Waals surface area contributed by atoms with E-state index in [1.54, 1.807) is 0 Å². The Hall–Kier alpha value is -3.14. The Kier molecular flexibility index (Phi) is 4.65. The molecular weight excluding hydrogens is 383 g/mol. The number of carboxylic acid groups (broad SMARTS) is 1. The van der Waals surface area contributed by atoms with Crippen LogP contribution in [0, 0.1) is 5.82 Å². The summed E-state index contributed by atoms with van der Waals surface area (Å²) in [6.45, 7) is 2.88. The molecule has 0 bridgehead atoms. The minimum Gasteiger partial charge on any atom is -0.477 e. The molecule has 0 saturated carbocycles. The van der Waals surface area contributed by atoms with Crippen LogP contribution in [0.4, 0.5) is 10.1 Å². The average Bonchev–Trinajstić information content (AvgIpc) is 2.68. The van der Waals surface area contributed by atoms with Gasteiger partial charge in [0.05, 0.1) is 35.0 Å². The Bertz CT molecular complexity index is 1100. The van der Waals surface area contributed by atoms with Crippen LogP contribution in [-0.2, 0) is 4.84 Å². The van der Waals surface area contributed by atoms with Crippen molar-refractivity contribution in [3.63, 3.8) is 0 Å². The molecule has 3 heterocycles. The zero-order valence-corrected chi connectivity index (χ0v) is 16.0. The van der Waals surface area contributed by atoms with E-state index < -0.39 is 22.8 Å². The number of anilines is 1. The lowest BCUT2D eigenvalue weighted by Gasteiger charge is -2.36. The van der Waals surface area contributed by atoms with Crippen LogP contribution in [0.5, 0.6) is 0 Å². The van der Waals surface area contributed by atoms with Gasteiger partial charge in [0, 0.05) is 24.1 Å². The van der Waals surface area contributed by atoms with E-state index in [2.05, 4.69) is 5.16 Å². The molecule has 1 aromatic heterocycles. The highest BCUT2D eigenvalue weighted by molar-refractivity contribution is 5.98. The minimum atomic E-state index is -1.39. The molecule has 0 spiro atoms. The molecule has 4 rings (SSSR count). The van der Waals surface area contributed by atoms with Crippen LogP contribution in [-0.4, -0.2) is 54.4 Å². The fourth-order valence-electron chi connectivity index (χ4n) is 4.02. The Balaban J connectivity index is 1.97. The average molecular weight is 404 g/mol. The summed E-state index contributed by atoms with van der Waals surface area (Å²) in [7, 11) is 1.43. The molecule has 10 heteroatoms. The quantitative estimate of drug-likeness (QED) is 0.730. The van der Waals surface area contributed by atoms with E-state index >= 15 is 4.39 Å². The maximum Gasteiger partial charge on any atom is 0.341 e. The van der Waals surface area contributed by atoms with Crippen molar-refractivity contribution >= 4 is 28.3 Å². The number of benzene rings is 1. The van der Waals surface area contributed by atoms with Crippen LogP contribution in [0.1, 0.15) is 35.2 Å². The summed E-state index contributed by atoms with van der Waals surface area (Å²) in [5, 5.41) is 13.3. The van der Waals surface area contributed by atoms with E-state index in [4.69, 9.17) is 15.4 Å². The first kappa shape index (κ1) is 19.2. The van der Waals surface area contributed by atoms with Gasteiger partial charge in [-0.3, -0.25) is 4.79 Å². The molecule has 29 heavy (non-hydrogen) atoms. The smallest absolute Gasteiger partial charge is 0.341 e. The summed E-state index contributed by atoms with van der Waals surface area (Å²) in [5.74, 6) is -2.20. The third kappa shape index (κ3) is 3.00. The van der Waals surface area contributed by atoms with Crippen molar-refractivity contribution in [3.8, 4) is 0 Å². The molecule has 1 fully saturated rings. The van der Waals surface area contributed by atoms with Gasteiger partial charge in [0.15, 0.2) is 0 Å². The highest BCUT2D eigenvalue weighted by atomic mass is 19.1. The number of aromatic carboxylic acids is 1. The number of halogens is 1. The summed E-state index contributed by atoms with van der Waals surface area (Å²) in [6, 6.07) is 0.811. The molecule has 2 atom stereocenters. The van der Waals surface area contributed by atoms with Crippen molar-refractivity contribution in [2.45, 2.75) is 25.3 Å². The summed E-state index contributed by atoms with van der Waals surface area (Å²) in [6.07, 6.45) is 1.71. The molecule has 2 aliphatic rings.